The highest BCUT2D eigenvalue weighted by Crippen LogP contribution is 2.42. The van der Waals surface area contributed by atoms with Crippen molar-refractivity contribution < 1.29 is 4.39 Å². The van der Waals surface area contributed by atoms with Crippen LogP contribution >= 0.6 is 0 Å². The van der Waals surface area contributed by atoms with Gasteiger partial charge >= 0.3 is 0 Å². The van der Waals surface area contributed by atoms with Gasteiger partial charge < -0.3 is 4.98 Å². The molecule has 2 aromatic carbocycles. The van der Waals surface area contributed by atoms with Crippen molar-refractivity contribution in [3.05, 3.63) is 108 Å². The largest absolute Gasteiger partial charge is 0.360 e. The van der Waals surface area contributed by atoms with Crippen LogP contribution in [0.4, 0.5) is 4.39 Å². The van der Waals surface area contributed by atoms with Crippen LogP contribution in [0, 0.1) is 5.82 Å². The molecule has 0 amide bonds. The second kappa shape index (κ2) is 8.45. The summed E-state index contributed by atoms with van der Waals surface area (Å²) in [7, 11) is 0. The van der Waals surface area contributed by atoms with Crippen LogP contribution in [0.15, 0.2) is 91.4 Å². The van der Waals surface area contributed by atoms with E-state index in [0.717, 1.165) is 42.8 Å². The zero-order chi connectivity index (χ0) is 22.2. The number of fused-ring (bicyclic) bond motifs is 1. The molecule has 1 N–H and O–H groups in total. The highest BCUT2D eigenvalue weighted by atomic mass is 19.1. The first kappa shape index (κ1) is 20.1. The fraction of sp³-hybridized carbons (Fsp3) is 0.207. The molecule has 0 aliphatic carbocycles. The van der Waals surface area contributed by atoms with E-state index in [-0.39, 0.29) is 5.82 Å². The first-order valence-electron chi connectivity index (χ1n) is 11.6. The zero-order valence-electron chi connectivity index (χ0n) is 18.4. The predicted molar refractivity (Wildman–Crippen MR) is 131 cm³/mol. The van der Waals surface area contributed by atoms with Crippen LogP contribution in [0.5, 0.6) is 0 Å². The Kier molecular flexibility index (Phi) is 5.16. The molecule has 4 aromatic rings. The van der Waals surface area contributed by atoms with Gasteiger partial charge in [-0.1, -0.05) is 36.4 Å². The maximum Gasteiger partial charge on any atom is 0.123 e. The molecule has 0 spiro atoms. The quantitative estimate of drug-likeness (QED) is 0.395. The molecule has 0 radical (unpaired) electrons. The number of rotatable bonds is 4. The third kappa shape index (κ3) is 3.81. The lowest BCUT2D eigenvalue weighted by molar-refractivity contribution is 0.286. The molecule has 2 atom stereocenters. The summed E-state index contributed by atoms with van der Waals surface area (Å²) < 4.78 is 13.6. The van der Waals surface area contributed by atoms with Gasteiger partial charge in [-0.2, -0.15) is 0 Å². The smallest absolute Gasteiger partial charge is 0.123 e. The highest BCUT2D eigenvalue weighted by Gasteiger charge is 2.34. The number of hydrogen-bond acceptors (Lipinski definition) is 2. The summed E-state index contributed by atoms with van der Waals surface area (Å²) in [6, 6.07) is 22.2. The van der Waals surface area contributed by atoms with E-state index >= 15 is 0 Å². The minimum absolute atomic E-state index is 0.222. The van der Waals surface area contributed by atoms with Crippen LogP contribution in [0.1, 0.15) is 29.9 Å². The molecular formula is C29H26FN3. The fourth-order valence-corrected chi connectivity index (χ4v) is 5.47. The fourth-order valence-electron chi connectivity index (χ4n) is 5.47. The van der Waals surface area contributed by atoms with Crippen molar-refractivity contribution in [3.63, 3.8) is 0 Å². The maximum atomic E-state index is 13.6. The predicted octanol–water partition coefficient (Wildman–Crippen LogP) is 6.53. The number of halogens is 1. The van der Waals surface area contributed by atoms with E-state index in [1.54, 1.807) is 0 Å². The summed E-state index contributed by atoms with van der Waals surface area (Å²) in [6.45, 7) is 2.20. The summed E-state index contributed by atoms with van der Waals surface area (Å²) in [5, 5.41) is 0. The average Bonchev–Trinajstić information content (AvgIpc) is 3.50. The highest BCUT2D eigenvalue weighted by molar-refractivity contribution is 5.91. The van der Waals surface area contributed by atoms with E-state index in [4.69, 9.17) is 0 Å². The minimum Gasteiger partial charge on any atom is -0.360 e. The van der Waals surface area contributed by atoms with Crippen molar-refractivity contribution in [3.8, 4) is 22.4 Å². The Morgan fingerprint density at radius 3 is 2.48 bits per heavy atom. The molecule has 3 nitrogen and oxygen atoms in total. The summed E-state index contributed by atoms with van der Waals surface area (Å²) >= 11 is 0. The monoisotopic (exact) mass is 435 g/mol. The SMILES string of the molecule is Fc1ccc(-c2[nH]cc(C3=C[C@@H]4C[C@@H](c5ccccc5)CN4CC3)c2-c2ccncc2)cc1. The number of benzene rings is 2. The lowest BCUT2D eigenvalue weighted by atomic mass is 9.90. The molecule has 0 unspecified atom stereocenters. The van der Waals surface area contributed by atoms with Crippen LogP contribution in [0.25, 0.3) is 28.0 Å². The molecule has 33 heavy (non-hydrogen) atoms. The van der Waals surface area contributed by atoms with Gasteiger partial charge in [0, 0.05) is 48.8 Å². The molecule has 1 fully saturated rings. The Morgan fingerprint density at radius 2 is 1.70 bits per heavy atom. The molecule has 2 aliphatic heterocycles. The topological polar surface area (TPSA) is 31.9 Å². The summed E-state index contributed by atoms with van der Waals surface area (Å²) in [4.78, 5) is 10.3. The van der Waals surface area contributed by atoms with Gasteiger partial charge in [-0.3, -0.25) is 9.88 Å². The van der Waals surface area contributed by atoms with Gasteiger partial charge in [-0.25, -0.2) is 4.39 Å². The van der Waals surface area contributed by atoms with Gasteiger partial charge in [0.1, 0.15) is 5.82 Å². The molecule has 4 heterocycles. The molecule has 2 aliphatic rings. The van der Waals surface area contributed by atoms with Gasteiger partial charge in [0.2, 0.25) is 0 Å². The van der Waals surface area contributed by atoms with E-state index in [9.17, 15) is 4.39 Å². The van der Waals surface area contributed by atoms with Crippen molar-refractivity contribution in [2.24, 2.45) is 0 Å². The van der Waals surface area contributed by atoms with Crippen LogP contribution in [-0.2, 0) is 0 Å². The van der Waals surface area contributed by atoms with Crippen molar-refractivity contribution in [1.82, 2.24) is 14.9 Å². The Balaban J connectivity index is 1.38. The molecule has 4 heteroatoms. The van der Waals surface area contributed by atoms with Gasteiger partial charge in [-0.05, 0) is 77.4 Å². The van der Waals surface area contributed by atoms with Crippen LogP contribution in [0.2, 0.25) is 0 Å². The lowest BCUT2D eigenvalue weighted by Gasteiger charge is -2.28. The lowest BCUT2D eigenvalue weighted by Crippen LogP contribution is -2.32. The Bertz CT molecular complexity index is 1280. The van der Waals surface area contributed by atoms with E-state index < -0.39 is 0 Å². The van der Waals surface area contributed by atoms with E-state index in [1.807, 2.05) is 24.5 Å². The number of H-pyrrole nitrogens is 1. The molecule has 164 valence electrons. The summed E-state index contributed by atoms with van der Waals surface area (Å²) in [5.41, 5.74) is 8.37. The third-order valence-corrected chi connectivity index (χ3v) is 7.11. The van der Waals surface area contributed by atoms with Gasteiger partial charge in [0.25, 0.3) is 0 Å². The van der Waals surface area contributed by atoms with Crippen molar-refractivity contribution in [2.75, 3.05) is 13.1 Å². The number of pyridine rings is 1. The van der Waals surface area contributed by atoms with Gasteiger partial charge in [-0.15, -0.1) is 0 Å². The molecule has 2 aromatic heterocycles. The second-order valence-corrected chi connectivity index (χ2v) is 9.04. The minimum atomic E-state index is -0.222. The van der Waals surface area contributed by atoms with Gasteiger partial charge in [0.15, 0.2) is 0 Å². The third-order valence-electron chi connectivity index (χ3n) is 7.11. The molecule has 6 rings (SSSR count). The van der Waals surface area contributed by atoms with Crippen LogP contribution in [0.3, 0.4) is 0 Å². The van der Waals surface area contributed by atoms with Crippen molar-refractivity contribution >= 4 is 5.57 Å². The molecule has 0 saturated carbocycles. The standard InChI is InChI=1S/C29H26FN3/c30-25-8-6-22(7-9-25)29-28(21-10-13-31-14-11-21)27(18-32-29)23-12-15-33-19-24(17-26(33)16-23)20-4-2-1-3-5-20/h1-11,13-14,16,18,24,26,32H,12,15,17,19H2/t24-,26-/m1/s1. The number of nitrogens with one attached hydrogen (secondary N) is 1. The molecule has 1 saturated heterocycles. The Morgan fingerprint density at radius 1 is 0.909 bits per heavy atom. The average molecular weight is 436 g/mol. The normalized spacial score (nSPS) is 20.5. The molecule has 0 bridgehead atoms. The number of hydrogen-bond donors (Lipinski definition) is 1. The van der Waals surface area contributed by atoms with Crippen molar-refractivity contribution in [1.29, 1.82) is 0 Å². The number of nitrogens with zero attached hydrogens (tertiary/aromatic N) is 2. The van der Waals surface area contributed by atoms with Crippen molar-refractivity contribution in [2.45, 2.75) is 24.8 Å². The Hall–Kier alpha value is -3.50. The maximum absolute atomic E-state index is 13.6. The van der Waals surface area contributed by atoms with E-state index in [1.165, 1.54) is 34.4 Å². The first-order chi connectivity index (χ1) is 16.3. The zero-order valence-corrected chi connectivity index (χ0v) is 18.4. The van der Waals surface area contributed by atoms with Crippen LogP contribution < -0.4 is 0 Å². The van der Waals surface area contributed by atoms with E-state index in [2.05, 4.69) is 69.6 Å². The Labute approximate surface area is 193 Å². The van der Waals surface area contributed by atoms with Crippen LogP contribution in [-0.4, -0.2) is 34.0 Å². The summed E-state index contributed by atoms with van der Waals surface area (Å²) in [6.07, 6.45) is 10.5. The number of aromatic nitrogens is 2. The first-order valence-corrected chi connectivity index (χ1v) is 11.6. The number of aromatic amines is 1. The second-order valence-electron chi connectivity index (χ2n) is 9.04. The van der Waals surface area contributed by atoms with E-state index in [0.29, 0.717) is 12.0 Å². The summed E-state index contributed by atoms with van der Waals surface area (Å²) in [5.74, 6) is 0.368. The van der Waals surface area contributed by atoms with Gasteiger partial charge in [0.05, 0.1) is 5.69 Å². The molecular weight excluding hydrogens is 409 g/mol.